The van der Waals surface area contributed by atoms with Crippen LogP contribution in [0.25, 0.3) is 0 Å². The van der Waals surface area contributed by atoms with Crippen molar-refractivity contribution in [2.75, 3.05) is 0 Å². The molecule has 0 aliphatic carbocycles. The summed E-state index contributed by atoms with van der Waals surface area (Å²) in [5.74, 6) is 0.227. The van der Waals surface area contributed by atoms with Gasteiger partial charge in [0.1, 0.15) is 5.75 Å². The number of rotatable bonds is 3. The second kappa shape index (κ2) is 4.96. The number of halogens is 3. The fourth-order valence-electron chi connectivity index (χ4n) is 1.46. The maximum atomic E-state index is 12.7. The van der Waals surface area contributed by atoms with Crippen molar-refractivity contribution in [3.05, 3.63) is 29.3 Å². The van der Waals surface area contributed by atoms with Crippen LogP contribution in [0, 0.1) is 13.8 Å². The summed E-state index contributed by atoms with van der Waals surface area (Å²) in [5.41, 5.74) is 6.89. The van der Waals surface area contributed by atoms with Gasteiger partial charge in [-0.05, 0) is 38.0 Å². The molecule has 2 atom stereocenters. The molecule has 2 unspecified atom stereocenters. The van der Waals surface area contributed by atoms with E-state index in [1.807, 2.05) is 13.0 Å². The van der Waals surface area contributed by atoms with Crippen LogP contribution >= 0.6 is 0 Å². The van der Waals surface area contributed by atoms with Gasteiger partial charge in [-0.25, -0.2) is 0 Å². The van der Waals surface area contributed by atoms with Gasteiger partial charge >= 0.3 is 6.18 Å². The largest absolute Gasteiger partial charge is 0.479 e. The van der Waals surface area contributed by atoms with Gasteiger partial charge in [-0.15, -0.1) is 0 Å². The summed E-state index contributed by atoms with van der Waals surface area (Å²) in [6.07, 6.45) is -6.45. The van der Waals surface area contributed by atoms with Gasteiger partial charge in [-0.3, -0.25) is 0 Å². The van der Waals surface area contributed by atoms with Gasteiger partial charge in [0.2, 0.25) is 6.10 Å². The smallest absolute Gasteiger partial charge is 0.426 e. The Hall–Kier alpha value is -1.23. The number of nitrogens with two attached hydrogens (primary N) is 1. The van der Waals surface area contributed by atoms with Crippen molar-refractivity contribution in [1.82, 2.24) is 0 Å². The van der Waals surface area contributed by atoms with Crippen LogP contribution in [0.3, 0.4) is 0 Å². The first kappa shape index (κ1) is 13.8. The van der Waals surface area contributed by atoms with Gasteiger partial charge in [-0.2, -0.15) is 13.2 Å². The molecule has 5 heteroatoms. The lowest BCUT2D eigenvalue weighted by molar-refractivity contribution is -0.199. The van der Waals surface area contributed by atoms with E-state index in [0.29, 0.717) is 5.56 Å². The molecule has 0 bridgehead atoms. The van der Waals surface area contributed by atoms with E-state index in [1.54, 1.807) is 13.0 Å². The van der Waals surface area contributed by atoms with Gasteiger partial charge < -0.3 is 10.5 Å². The van der Waals surface area contributed by atoms with Crippen molar-refractivity contribution in [2.24, 2.45) is 5.73 Å². The van der Waals surface area contributed by atoms with E-state index in [0.717, 1.165) is 5.56 Å². The first-order valence-electron chi connectivity index (χ1n) is 5.28. The zero-order valence-electron chi connectivity index (χ0n) is 10.0. The van der Waals surface area contributed by atoms with Crippen LogP contribution in [0.4, 0.5) is 13.2 Å². The van der Waals surface area contributed by atoms with Crippen molar-refractivity contribution in [3.63, 3.8) is 0 Å². The van der Waals surface area contributed by atoms with E-state index < -0.39 is 18.3 Å². The van der Waals surface area contributed by atoms with E-state index in [1.165, 1.54) is 13.0 Å². The number of aryl methyl sites for hydroxylation is 1. The Morgan fingerprint density at radius 2 is 1.82 bits per heavy atom. The van der Waals surface area contributed by atoms with E-state index >= 15 is 0 Å². The molecule has 0 spiro atoms. The first-order valence-corrected chi connectivity index (χ1v) is 5.28. The molecule has 0 fully saturated rings. The third-order valence-electron chi connectivity index (χ3n) is 2.61. The summed E-state index contributed by atoms with van der Waals surface area (Å²) < 4.78 is 43.1. The highest BCUT2D eigenvalue weighted by Crippen LogP contribution is 2.29. The predicted octanol–water partition coefficient (Wildman–Crippen LogP) is 2.96. The van der Waals surface area contributed by atoms with Gasteiger partial charge in [0.25, 0.3) is 0 Å². The third-order valence-corrected chi connectivity index (χ3v) is 2.61. The SMILES string of the molecule is Cc1cccc(OC(C(C)N)C(F)(F)F)c1C. The second-order valence-corrected chi connectivity index (χ2v) is 4.14. The lowest BCUT2D eigenvalue weighted by Crippen LogP contribution is -2.47. The molecule has 0 saturated carbocycles. The maximum Gasteiger partial charge on any atom is 0.426 e. The second-order valence-electron chi connectivity index (χ2n) is 4.14. The molecule has 0 radical (unpaired) electrons. The summed E-state index contributed by atoms with van der Waals surface area (Å²) in [7, 11) is 0. The Bertz CT molecular complexity index is 388. The number of ether oxygens (including phenoxy) is 1. The van der Waals surface area contributed by atoms with Crippen LogP contribution in [0.5, 0.6) is 5.75 Å². The molecular weight excluding hydrogens is 231 g/mol. The summed E-state index contributed by atoms with van der Waals surface area (Å²) in [5, 5.41) is 0. The molecular formula is C12H16F3NO. The molecule has 2 nitrogen and oxygen atoms in total. The van der Waals surface area contributed by atoms with Crippen LogP contribution in [-0.2, 0) is 0 Å². The van der Waals surface area contributed by atoms with Crippen LogP contribution in [-0.4, -0.2) is 18.3 Å². The lowest BCUT2D eigenvalue weighted by atomic mass is 10.1. The number of benzene rings is 1. The average Bonchev–Trinajstić information content (AvgIpc) is 2.17. The molecule has 96 valence electrons. The number of hydrogen-bond acceptors (Lipinski definition) is 2. The molecule has 17 heavy (non-hydrogen) atoms. The van der Waals surface area contributed by atoms with Crippen molar-refractivity contribution >= 4 is 0 Å². The Morgan fingerprint density at radius 3 is 2.29 bits per heavy atom. The average molecular weight is 247 g/mol. The number of hydrogen-bond donors (Lipinski definition) is 1. The summed E-state index contributed by atoms with van der Waals surface area (Å²) in [6, 6.07) is 3.88. The monoisotopic (exact) mass is 247 g/mol. The van der Waals surface area contributed by atoms with Crippen molar-refractivity contribution < 1.29 is 17.9 Å². The lowest BCUT2D eigenvalue weighted by Gasteiger charge is -2.25. The number of alkyl halides is 3. The van der Waals surface area contributed by atoms with Gasteiger partial charge in [0.05, 0.1) is 0 Å². The minimum atomic E-state index is -4.47. The van der Waals surface area contributed by atoms with E-state index in [-0.39, 0.29) is 5.75 Å². The zero-order chi connectivity index (χ0) is 13.2. The van der Waals surface area contributed by atoms with E-state index in [2.05, 4.69) is 0 Å². The third kappa shape index (κ3) is 3.36. The van der Waals surface area contributed by atoms with E-state index in [4.69, 9.17) is 10.5 Å². The Balaban J connectivity index is 2.99. The Labute approximate surface area is 98.6 Å². The fraction of sp³-hybridized carbons (Fsp3) is 0.500. The molecule has 0 amide bonds. The van der Waals surface area contributed by atoms with Gasteiger partial charge in [-0.1, -0.05) is 12.1 Å². The molecule has 1 aromatic rings. The highest BCUT2D eigenvalue weighted by Gasteiger charge is 2.44. The Kier molecular flexibility index (Phi) is 4.03. The molecule has 0 aromatic heterocycles. The molecule has 1 rings (SSSR count). The zero-order valence-corrected chi connectivity index (χ0v) is 10.0. The van der Waals surface area contributed by atoms with Crippen LogP contribution in [0.2, 0.25) is 0 Å². The normalized spacial score (nSPS) is 15.5. The molecule has 0 aliphatic rings. The standard InChI is InChI=1S/C12H16F3NO/c1-7-5-4-6-10(8(7)2)17-11(9(3)16)12(13,14)15/h4-6,9,11H,16H2,1-3H3. The molecule has 1 aromatic carbocycles. The van der Waals surface area contributed by atoms with Gasteiger partial charge in [0, 0.05) is 6.04 Å². The minimum Gasteiger partial charge on any atom is -0.479 e. The Morgan fingerprint density at radius 1 is 1.24 bits per heavy atom. The van der Waals surface area contributed by atoms with Crippen molar-refractivity contribution in [1.29, 1.82) is 0 Å². The predicted molar refractivity (Wildman–Crippen MR) is 60.0 cm³/mol. The first-order chi connectivity index (χ1) is 7.73. The fourth-order valence-corrected chi connectivity index (χ4v) is 1.46. The molecule has 0 heterocycles. The van der Waals surface area contributed by atoms with Crippen LogP contribution < -0.4 is 10.5 Å². The maximum absolute atomic E-state index is 12.7. The van der Waals surface area contributed by atoms with Crippen molar-refractivity contribution in [2.45, 2.75) is 39.1 Å². The molecule has 0 aliphatic heterocycles. The van der Waals surface area contributed by atoms with Crippen LogP contribution in [0.15, 0.2) is 18.2 Å². The topological polar surface area (TPSA) is 35.2 Å². The van der Waals surface area contributed by atoms with E-state index in [9.17, 15) is 13.2 Å². The van der Waals surface area contributed by atoms with Crippen molar-refractivity contribution in [3.8, 4) is 5.75 Å². The molecule has 2 N–H and O–H groups in total. The highest BCUT2D eigenvalue weighted by molar-refractivity contribution is 5.38. The summed E-state index contributed by atoms with van der Waals surface area (Å²) in [4.78, 5) is 0. The van der Waals surface area contributed by atoms with Gasteiger partial charge in [0.15, 0.2) is 0 Å². The highest BCUT2D eigenvalue weighted by atomic mass is 19.4. The molecule has 0 saturated heterocycles. The quantitative estimate of drug-likeness (QED) is 0.891. The minimum absolute atomic E-state index is 0.227. The summed E-state index contributed by atoms with van der Waals surface area (Å²) >= 11 is 0. The summed E-state index contributed by atoms with van der Waals surface area (Å²) in [6.45, 7) is 4.82. The van der Waals surface area contributed by atoms with Crippen LogP contribution in [0.1, 0.15) is 18.1 Å².